The molecule has 0 aliphatic heterocycles. The molecule has 0 saturated heterocycles. The molecule has 1 amide bonds. The zero-order valence-corrected chi connectivity index (χ0v) is 17.2. The summed E-state index contributed by atoms with van der Waals surface area (Å²) in [6, 6.07) is 17.3. The van der Waals surface area contributed by atoms with Gasteiger partial charge in [-0.15, -0.1) is 0 Å². The Kier molecular flexibility index (Phi) is 5.93. The number of halogens is 1. The van der Waals surface area contributed by atoms with Gasteiger partial charge in [0.05, 0.1) is 11.6 Å². The fraction of sp³-hybridized carbons (Fsp3) is 0.208. The average molecular weight is 418 g/mol. The third kappa shape index (κ3) is 4.40. The summed E-state index contributed by atoms with van der Waals surface area (Å²) in [5, 5.41) is 7.34. The molecule has 0 aliphatic rings. The van der Waals surface area contributed by atoms with E-state index in [2.05, 4.69) is 10.4 Å². The van der Waals surface area contributed by atoms with Crippen molar-refractivity contribution in [1.82, 2.24) is 19.5 Å². The van der Waals surface area contributed by atoms with Gasteiger partial charge in [0.1, 0.15) is 11.3 Å². The van der Waals surface area contributed by atoms with Gasteiger partial charge in [-0.25, -0.2) is 8.91 Å². The second-order valence-electron chi connectivity index (χ2n) is 7.33. The van der Waals surface area contributed by atoms with Crippen LogP contribution in [0.4, 0.5) is 4.39 Å². The molecule has 2 aromatic carbocycles. The van der Waals surface area contributed by atoms with Crippen LogP contribution in [0.2, 0.25) is 0 Å². The van der Waals surface area contributed by atoms with Gasteiger partial charge in [0, 0.05) is 31.0 Å². The molecule has 31 heavy (non-hydrogen) atoms. The van der Waals surface area contributed by atoms with Crippen molar-refractivity contribution in [2.75, 3.05) is 6.54 Å². The van der Waals surface area contributed by atoms with Gasteiger partial charge in [-0.1, -0.05) is 37.3 Å². The lowest BCUT2D eigenvalue weighted by Crippen LogP contribution is -2.34. The summed E-state index contributed by atoms with van der Waals surface area (Å²) in [6.07, 6.45) is 4.05. The van der Waals surface area contributed by atoms with E-state index in [4.69, 9.17) is 0 Å². The molecular weight excluding hydrogens is 395 g/mol. The fourth-order valence-electron chi connectivity index (χ4n) is 3.64. The smallest absolute Gasteiger partial charge is 0.276 e. The molecule has 4 aromatic rings. The van der Waals surface area contributed by atoms with Gasteiger partial charge in [0.25, 0.3) is 5.56 Å². The molecule has 0 saturated carbocycles. The van der Waals surface area contributed by atoms with Crippen LogP contribution >= 0.6 is 0 Å². The third-order valence-corrected chi connectivity index (χ3v) is 5.32. The van der Waals surface area contributed by atoms with Crippen molar-refractivity contribution < 1.29 is 9.18 Å². The lowest BCUT2D eigenvalue weighted by Gasteiger charge is -2.15. The van der Waals surface area contributed by atoms with Gasteiger partial charge in [-0.3, -0.25) is 9.59 Å². The number of amides is 1. The molecule has 6 nitrogen and oxygen atoms in total. The minimum absolute atomic E-state index is 0.0502. The first-order valence-corrected chi connectivity index (χ1v) is 10.2. The van der Waals surface area contributed by atoms with Crippen molar-refractivity contribution in [3.05, 3.63) is 94.8 Å². The quantitative estimate of drug-likeness (QED) is 0.499. The first kappa shape index (κ1) is 20.5. The summed E-state index contributed by atoms with van der Waals surface area (Å²) in [6.45, 7) is 2.68. The van der Waals surface area contributed by atoms with Gasteiger partial charge in [0.2, 0.25) is 5.91 Å². The Morgan fingerprint density at radius 2 is 1.84 bits per heavy atom. The number of aromatic nitrogens is 3. The first-order chi connectivity index (χ1) is 15.1. The topological polar surface area (TPSA) is 68.4 Å². The van der Waals surface area contributed by atoms with Gasteiger partial charge < -0.3 is 9.88 Å². The lowest BCUT2D eigenvalue weighted by atomic mass is 9.96. The van der Waals surface area contributed by atoms with Crippen LogP contribution in [-0.4, -0.2) is 26.6 Å². The molecule has 2 aromatic heterocycles. The summed E-state index contributed by atoms with van der Waals surface area (Å²) >= 11 is 0. The van der Waals surface area contributed by atoms with Gasteiger partial charge >= 0.3 is 0 Å². The van der Waals surface area contributed by atoms with Crippen molar-refractivity contribution in [3.63, 3.8) is 0 Å². The molecule has 0 unspecified atom stereocenters. The second-order valence-corrected chi connectivity index (χ2v) is 7.33. The van der Waals surface area contributed by atoms with Crippen molar-refractivity contribution >= 4 is 11.4 Å². The van der Waals surface area contributed by atoms with Gasteiger partial charge in [-0.05, 0) is 42.3 Å². The Labute approximate surface area is 179 Å². The Hall–Kier alpha value is -3.74. The highest BCUT2D eigenvalue weighted by molar-refractivity contribution is 5.83. The van der Waals surface area contributed by atoms with Crippen LogP contribution in [0.15, 0.2) is 77.9 Å². The van der Waals surface area contributed by atoms with Crippen molar-refractivity contribution in [2.45, 2.75) is 25.8 Å². The molecule has 0 aliphatic carbocycles. The molecule has 1 N–H and O–H groups in total. The van der Waals surface area contributed by atoms with E-state index in [1.54, 1.807) is 35.2 Å². The maximum absolute atomic E-state index is 13.2. The molecule has 0 bridgehead atoms. The van der Waals surface area contributed by atoms with E-state index in [0.29, 0.717) is 30.7 Å². The molecule has 0 radical (unpaired) electrons. The third-order valence-electron chi connectivity index (χ3n) is 5.32. The Balaban J connectivity index is 1.46. The highest BCUT2D eigenvalue weighted by Gasteiger charge is 2.18. The maximum Gasteiger partial charge on any atom is 0.276 e. The van der Waals surface area contributed by atoms with Crippen LogP contribution in [-0.2, 0) is 11.3 Å². The lowest BCUT2D eigenvalue weighted by molar-refractivity contribution is -0.122. The maximum atomic E-state index is 13.2. The number of benzene rings is 2. The largest absolute Gasteiger partial charge is 0.354 e. The fourth-order valence-corrected chi connectivity index (χ4v) is 3.64. The van der Waals surface area contributed by atoms with E-state index < -0.39 is 0 Å². The van der Waals surface area contributed by atoms with E-state index in [9.17, 15) is 14.0 Å². The Bertz CT molecular complexity index is 1250. The first-order valence-electron chi connectivity index (χ1n) is 10.2. The van der Waals surface area contributed by atoms with Crippen molar-refractivity contribution in [1.29, 1.82) is 0 Å². The van der Waals surface area contributed by atoms with Crippen LogP contribution in [0.3, 0.4) is 0 Å². The highest BCUT2D eigenvalue weighted by atomic mass is 19.1. The van der Waals surface area contributed by atoms with E-state index in [0.717, 1.165) is 11.1 Å². The van der Waals surface area contributed by atoms with Crippen LogP contribution in [0.1, 0.15) is 24.8 Å². The summed E-state index contributed by atoms with van der Waals surface area (Å²) in [5.41, 5.74) is 2.52. The number of carbonyl (C=O) groups is 1. The highest BCUT2D eigenvalue weighted by Crippen LogP contribution is 2.20. The van der Waals surface area contributed by atoms with Crippen LogP contribution in [0, 0.1) is 5.82 Å². The van der Waals surface area contributed by atoms with Crippen LogP contribution in [0.25, 0.3) is 16.8 Å². The van der Waals surface area contributed by atoms with E-state index in [1.807, 2.05) is 37.3 Å². The second kappa shape index (κ2) is 8.95. The number of carbonyl (C=O) groups excluding carboxylic acids is 1. The van der Waals surface area contributed by atoms with E-state index in [-0.39, 0.29) is 23.2 Å². The Morgan fingerprint density at radius 1 is 1.10 bits per heavy atom. The molecule has 7 heteroatoms. The van der Waals surface area contributed by atoms with E-state index in [1.165, 1.54) is 16.6 Å². The van der Waals surface area contributed by atoms with Crippen molar-refractivity contribution in [2.24, 2.45) is 0 Å². The number of nitrogens with one attached hydrogen (secondary N) is 1. The normalized spacial score (nSPS) is 12.1. The van der Waals surface area contributed by atoms with Crippen molar-refractivity contribution in [3.8, 4) is 11.3 Å². The molecule has 158 valence electrons. The SMILES string of the molecule is CC[C@H](C(=O)NCCn1ccn2nc(-c3ccc(F)cc3)cc2c1=O)c1ccccc1. The van der Waals surface area contributed by atoms with E-state index >= 15 is 0 Å². The monoisotopic (exact) mass is 418 g/mol. The van der Waals surface area contributed by atoms with Gasteiger partial charge in [-0.2, -0.15) is 5.10 Å². The molecular formula is C24H23FN4O2. The zero-order chi connectivity index (χ0) is 21.8. The zero-order valence-electron chi connectivity index (χ0n) is 17.2. The number of nitrogens with zero attached hydrogens (tertiary/aromatic N) is 3. The molecule has 1 atom stereocenters. The number of rotatable bonds is 7. The minimum Gasteiger partial charge on any atom is -0.354 e. The van der Waals surface area contributed by atoms with Crippen LogP contribution in [0.5, 0.6) is 0 Å². The summed E-state index contributed by atoms with van der Waals surface area (Å²) in [7, 11) is 0. The average Bonchev–Trinajstić information content (AvgIpc) is 3.22. The molecule has 0 fully saturated rings. The Morgan fingerprint density at radius 3 is 2.55 bits per heavy atom. The number of hydrogen-bond donors (Lipinski definition) is 1. The predicted octanol–water partition coefficient (Wildman–Crippen LogP) is 3.61. The predicted molar refractivity (Wildman–Crippen MR) is 117 cm³/mol. The standard InChI is InChI=1S/C24H23FN4O2/c1-2-20(17-6-4-3-5-7-17)23(30)26-12-13-28-14-15-29-22(24(28)31)16-21(27-29)18-8-10-19(25)11-9-18/h3-11,14-16,20H,2,12-13H2,1H3,(H,26,30)/t20-/m0/s1. The minimum atomic E-state index is -0.325. The summed E-state index contributed by atoms with van der Waals surface area (Å²) in [4.78, 5) is 25.5. The number of fused-ring (bicyclic) bond motifs is 1. The molecule has 2 heterocycles. The van der Waals surface area contributed by atoms with Crippen LogP contribution < -0.4 is 10.9 Å². The number of hydrogen-bond acceptors (Lipinski definition) is 3. The summed E-state index contributed by atoms with van der Waals surface area (Å²) < 4.78 is 16.2. The molecule has 4 rings (SSSR count). The van der Waals surface area contributed by atoms with Gasteiger partial charge in [0.15, 0.2) is 0 Å². The summed E-state index contributed by atoms with van der Waals surface area (Å²) in [5.74, 6) is -0.589. The molecule has 0 spiro atoms.